The van der Waals surface area contributed by atoms with Crippen molar-refractivity contribution in [1.29, 1.82) is 0 Å². The van der Waals surface area contributed by atoms with Gasteiger partial charge < -0.3 is 10.2 Å². The Morgan fingerprint density at radius 1 is 1.00 bits per heavy atom. The molecule has 1 N–H and O–H groups in total. The molecular formula is C25H24N5. The number of hydrogen-bond acceptors (Lipinski definition) is 5. The lowest BCUT2D eigenvalue weighted by Gasteiger charge is -2.37. The summed E-state index contributed by atoms with van der Waals surface area (Å²) in [6.07, 6.45) is 1.90. The summed E-state index contributed by atoms with van der Waals surface area (Å²) in [5.41, 5.74) is 4.91. The molecule has 3 heterocycles. The lowest BCUT2D eigenvalue weighted by molar-refractivity contribution is 0.420. The second-order valence-electron chi connectivity index (χ2n) is 7.93. The molecule has 1 aliphatic rings. The molecule has 1 radical (unpaired) electrons. The zero-order valence-electron chi connectivity index (χ0n) is 17.2. The van der Waals surface area contributed by atoms with Gasteiger partial charge in [0.15, 0.2) is 5.65 Å². The molecule has 1 aliphatic heterocycles. The van der Waals surface area contributed by atoms with Crippen LogP contribution in [0.4, 0.5) is 5.95 Å². The molecule has 0 bridgehead atoms. The van der Waals surface area contributed by atoms with Crippen LogP contribution in [0.3, 0.4) is 0 Å². The Bertz CT molecular complexity index is 1160. The van der Waals surface area contributed by atoms with Gasteiger partial charge in [0, 0.05) is 47.9 Å². The Hall–Kier alpha value is -3.31. The van der Waals surface area contributed by atoms with E-state index in [1.54, 1.807) is 0 Å². The molecule has 5 heteroatoms. The number of fused-ring (bicyclic) bond motifs is 1. The molecule has 2 aromatic heterocycles. The number of hydrogen-bond donors (Lipinski definition) is 1. The highest BCUT2D eigenvalue weighted by molar-refractivity contribution is 5.90. The van der Waals surface area contributed by atoms with Crippen LogP contribution < -0.4 is 10.2 Å². The average Bonchev–Trinajstić information content (AvgIpc) is 2.80. The van der Waals surface area contributed by atoms with Gasteiger partial charge in [-0.1, -0.05) is 54.6 Å². The summed E-state index contributed by atoms with van der Waals surface area (Å²) in [6.45, 7) is 6.20. The van der Waals surface area contributed by atoms with Gasteiger partial charge in [0.2, 0.25) is 5.95 Å². The van der Waals surface area contributed by atoms with E-state index >= 15 is 0 Å². The standard InChI is InChI=1S/C25H24N5/c1-17-16-30(18(2)14-26-17)25-27-15-21-13-22(19-9-5-3-6-10-19)23(28-24(21)29-25)20-11-7-4-8-12-20/h3,5-13,15,17-18,26H,14,16H2,1-2H3. The maximum Gasteiger partial charge on any atom is 0.227 e. The van der Waals surface area contributed by atoms with Crippen molar-refractivity contribution < 1.29 is 0 Å². The van der Waals surface area contributed by atoms with Crippen LogP contribution >= 0.6 is 0 Å². The zero-order chi connectivity index (χ0) is 20.5. The SMILES string of the molecule is CC1CN(c2ncc3cc(-c4ccccc4)c(-c4cc[c]cc4)nc3n2)C(C)CN1. The quantitative estimate of drug-likeness (QED) is 0.560. The van der Waals surface area contributed by atoms with Gasteiger partial charge in [-0.3, -0.25) is 0 Å². The molecule has 2 aromatic carbocycles. The number of nitrogens with zero attached hydrogens (tertiary/aromatic N) is 4. The molecule has 1 saturated heterocycles. The van der Waals surface area contributed by atoms with Gasteiger partial charge in [0.05, 0.1) is 5.69 Å². The first-order chi connectivity index (χ1) is 14.7. The fraction of sp³-hybridized carbons (Fsp3) is 0.240. The van der Waals surface area contributed by atoms with Gasteiger partial charge in [-0.25, -0.2) is 9.97 Å². The summed E-state index contributed by atoms with van der Waals surface area (Å²) < 4.78 is 0. The van der Waals surface area contributed by atoms with E-state index in [1.165, 1.54) is 0 Å². The lowest BCUT2D eigenvalue weighted by atomic mass is 9.98. The van der Waals surface area contributed by atoms with Gasteiger partial charge >= 0.3 is 0 Å². The Kier molecular flexibility index (Phi) is 4.89. The lowest BCUT2D eigenvalue weighted by Crippen LogP contribution is -2.55. The van der Waals surface area contributed by atoms with E-state index in [-0.39, 0.29) is 0 Å². The van der Waals surface area contributed by atoms with Gasteiger partial charge in [0.25, 0.3) is 0 Å². The third kappa shape index (κ3) is 3.53. The molecule has 0 aliphatic carbocycles. The predicted molar refractivity (Wildman–Crippen MR) is 121 cm³/mol. The van der Waals surface area contributed by atoms with Crippen LogP contribution in [-0.4, -0.2) is 40.1 Å². The number of rotatable bonds is 3. The topological polar surface area (TPSA) is 53.9 Å². The van der Waals surface area contributed by atoms with E-state index in [0.717, 1.165) is 52.5 Å². The molecule has 0 amide bonds. The van der Waals surface area contributed by atoms with Crippen molar-refractivity contribution in [2.45, 2.75) is 25.9 Å². The summed E-state index contributed by atoms with van der Waals surface area (Å²) in [7, 11) is 0. The molecule has 0 saturated carbocycles. The smallest absolute Gasteiger partial charge is 0.227 e. The highest BCUT2D eigenvalue weighted by Gasteiger charge is 2.25. The van der Waals surface area contributed by atoms with Gasteiger partial charge in [-0.15, -0.1) is 0 Å². The summed E-state index contributed by atoms with van der Waals surface area (Å²) in [5.74, 6) is 0.746. The molecule has 2 atom stereocenters. The minimum Gasteiger partial charge on any atom is -0.335 e. The van der Waals surface area contributed by atoms with Crippen LogP contribution in [0, 0.1) is 6.07 Å². The highest BCUT2D eigenvalue weighted by Crippen LogP contribution is 2.33. The molecule has 149 valence electrons. The van der Waals surface area contributed by atoms with Crippen molar-refractivity contribution >= 4 is 17.0 Å². The summed E-state index contributed by atoms with van der Waals surface area (Å²) >= 11 is 0. The maximum atomic E-state index is 5.01. The largest absolute Gasteiger partial charge is 0.335 e. The van der Waals surface area contributed by atoms with Crippen molar-refractivity contribution in [2.75, 3.05) is 18.0 Å². The van der Waals surface area contributed by atoms with E-state index in [9.17, 15) is 0 Å². The number of pyridine rings is 1. The van der Waals surface area contributed by atoms with Crippen molar-refractivity contribution in [3.05, 3.63) is 72.9 Å². The monoisotopic (exact) mass is 394 g/mol. The minimum absolute atomic E-state index is 0.339. The summed E-state index contributed by atoms with van der Waals surface area (Å²) in [5, 5.41) is 4.45. The molecule has 0 spiro atoms. The van der Waals surface area contributed by atoms with Crippen LogP contribution in [0.1, 0.15) is 13.8 Å². The van der Waals surface area contributed by atoms with Crippen LogP contribution in [0.5, 0.6) is 0 Å². The van der Waals surface area contributed by atoms with E-state index in [0.29, 0.717) is 12.1 Å². The number of piperazine rings is 1. The van der Waals surface area contributed by atoms with Crippen LogP contribution in [0.15, 0.2) is 66.9 Å². The summed E-state index contributed by atoms with van der Waals surface area (Å²) in [6, 6.07) is 24.3. The number of nitrogens with one attached hydrogen (secondary N) is 1. The Morgan fingerprint density at radius 2 is 1.80 bits per heavy atom. The Labute approximate surface area is 176 Å². The fourth-order valence-electron chi connectivity index (χ4n) is 4.00. The maximum absolute atomic E-state index is 5.01. The van der Waals surface area contributed by atoms with Gasteiger partial charge in [-0.2, -0.15) is 4.98 Å². The number of aromatic nitrogens is 3. The minimum atomic E-state index is 0.339. The second kappa shape index (κ2) is 7.84. The van der Waals surface area contributed by atoms with Crippen molar-refractivity contribution in [2.24, 2.45) is 0 Å². The van der Waals surface area contributed by atoms with Gasteiger partial charge in [-0.05, 0) is 31.5 Å². The molecule has 5 rings (SSSR count). The molecule has 5 nitrogen and oxygen atoms in total. The van der Waals surface area contributed by atoms with Crippen molar-refractivity contribution in [3.63, 3.8) is 0 Å². The van der Waals surface area contributed by atoms with Gasteiger partial charge in [0.1, 0.15) is 0 Å². The molecular weight excluding hydrogens is 370 g/mol. The average molecular weight is 395 g/mol. The van der Waals surface area contributed by atoms with Crippen LogP contribution in [0.25, 0.3) is 33.4 Å². The Morgan fingerprint density at radius 3 is 2.60 bits per heavy atom. The van der Waals surface area contributed by atoms with Crippen LogP contribution in [-0.2, 0) is 0 Å². The number of benzene rings is 2. The first kappa shape index (κ1) is 18.7. The second-order valence-corrected chi connectivity index (χ2v) is 7.93. The third-order valence-electron chi connectivity index (χ3n) is 5.65. The van der Waals surface area contributed by atoms with Crippen molar-refractivity contribution in [1.82, 2.24) is 20.3 Å². The highest BCUT2D eigenvalue weighted by atomic mass is 15.3. The fourth-order valence-corrected chi connectivity index (χ4v) is 4.00. The first-order valence-electron chi connectivity index (χ1n) is 10.4. The zero-order valence-corrected chi connectivity index (χ0v) is 17.2. The third-order valence-corrected chi connectivity index (χ3v) is 5.65. The van der Waals surface area contributed by atoms with E-state index < -0.39 is 0 Å². The van der Waals surface area contributed by atoms with Crippen LogP contribution in [0.2, 0.25) is 0 Å². The molecule has 2 unspecified atom stereocenters. The van der Waals surface area contributed by atoms with E-state index in [1.807, 2.05) is 36.5 Å². The Balaban J connectivity index is 1.66. The van der Waals surface area contributed by atoms with E-state index in [4.69, 9.17) is 15.0 Å². The predicted octanol–water partition coefficient (Wildman–Crippen LogP) is 4.35. The van der Waals surface area contributed by atoms with Crippen molar-refractivity contribution in [3.8, 4) is 22.4 Å². The summed E-state index contributed by atoms with van der Waals surface area (Å²) in [4.78, 5) is 16.8. The number of anilines is 1. The normalized spacial score (nSPS) is 19.2. The first-order valence-corrected chi connectivity index (χ1v) is 10.4. The molecule has 30 heavy (non-hydrogen) atoms. The molecule has 1 fully saturated rings. The van der Waals surface area contributed by atoms with E-state index in [2.05, 4.69) is 60.5 Å². The molecule has 4 aromatic rings.